The quantitative estimate of drug-likeness (QED) is 0.904. The Bertz CT molecular complexity index is 438. The molecule has 2 rings (SSSR count). The van der Waals surface area contributed by atoms with E-state index in [0.717, 1.165) is 25.1 Å². The van der Waals surface area contributed by atoms with Crippen LogP contribution >= 0.6 is 11.8 Å². The number of carbonyl (C=O) groups excluding carboxylic acids is 1. The average Bonchev–Trinajstić information content (AvgIpc) is 2.64. The second kappa shape index (κ2) is 6.80. The Balaban J connectivity index is 1.98. The largest absolute Gasteiger partial charge is 0.323 e. The molecule has 1 N–H and O–H groups in total. The number of anilines is 1. The summed E-state index contributed by atoms with van der Waals surface area (Å²) in [6, 6.07) is 3.78. The van der Waals surface area contributed by atoms with Crippen LogP contribution in [-0.2, 0) is 0 Å². The molecule has 2 heterocycles. The maximum absolute atomic E-state index is 12.3. The van der Waals surface area contributed by atoms with Crippen molar-refractivity contribution in [2.24, 2.45) is 0 Å². The first-order chi connectivity index (χ1) is 9.19. The average molecular weight is 279 g/mol. The second-order valence-corrected chi connectivity index (χ2v) is 6.09. The van der Waals surface area contributed by atoms with E-state index in [1.165, 1.54) is 12.8 Å². The van der Waals surface area contributed by atoms with Gasteiger partial charge in [-0.1, -0.05) is 6.42 Å². The van der Waals surface area contributed by atoms with Gasteiger partial charge in [0.05, 0.1) is 0 Å². The topological polar surface area (TPSA) is 45.2 Å². The van der Waals surface area contributed by atoms with Crippen molar-refractivity contribution in [1.82, 2.24) is 9.88 Å². The van der Waals surface area contributed by atoms with Gasteiger partial charge in [0.2, 0.25) is 0 Å². The molecule has 5 heteroatoms. The molecule has 1 aliphatic rings. The number of hydrogen-bond donors (Lipinski definition) is 1. The maximum Gasteiger partial charge on any atom is 0.323 e. The Morgan fingerprint density at radius 2 is 2.37 bits per heavy atom. The summed E-state index contributed by atoms with van der Waals surface area (Å²) in [7, 11) is 0. The number of aryl methyl sites for hydroxylation is 1. The molecule has 0 unspecified atom stereocenters. The molecule has 1 aromatic heterocycles. The van der Waals surface area contributed by atoms with Gasteiger partial charge in [0.25, 0.3) is 0 Å². The smallest absolute Gasteiger partial charge is 0.323 e. The maximum atomic E-state index is 12.3. The van der Waals surface area contributed by atoms with E-state index in [4.69, 9.17) is 0 Å². The Morgan fingerprint density at radius 3 is 3.11 bits per heavy atom. The Labute approximate surface area is 119 Å². The molecule has 0 aliphatic carbocycles. The zero-order valence-electron chi connectivity index (χ0n) is 11.6. The number of carbonyl (C=O) groups is 1. The fourth-order valence-electron chi connectivity index (χ4n) is 2.27. The molecule has 104 valence electrons. The molecular formula is C14H21N3OS. The molecule has 1 saturated heterocycles. The van der Waals surface area contributed by atoms with E-state index in [1.54, 1.807) is 6.20 Å². The number of rotatable bonds is 2. The zero-order valence-corrected chi connectivity index (χ0v) is 12.4. The molecule has 0 saturated carbocycles. The lowest BCUT2D eigenvalue weighted by Gasteiger charge is -2.23. The van der Waals surface area contributed by atoms with E-state index in [0.29, 0.717) is 11.1 Å². The van der Waals surface area contributed by atoms with Crippen molar-refractivity contribution in [3.8, 4) is 0 Å². The van der Waals surface area contributed by atoms with E-state index in [9.17, 15) is 4.79 Å². The van der Waals surface area contributed by atoms with Gasteiger partial charge in [-0.2, -0.15) is 11.8 Å². The summed E-state index contributed by atoms with van der Waals surface area (Å²) in [4.78, 5) is 18.3. The highest BCUT2D eigenvalue weighted by Crippen LogP contribution is 2.20. The monoisotopic (exact) mass is 279 g/mol. The van der Waals surface area contributed by atoms with Crippen LogP contribution in [0.3, 0.4) is 0 Å². The molecular weight excluding hydrogens is 258 g/mol. The molecule has 1 atom stereocenters. The minimum atomic E-state index is -0.0287. The molecule has 1 aromatic rings. The fourth-order valence-corrected chi connectivity index (χ4v) is 3.00. The van der Waals surface area contributed by atoms with Gasteiger partial charge in [-0.3, -0.25) is 5.32 Å². The molecule has 1 aliphatic heterocycles. The fraction of sp³-hybridized carbons (Fsp3) is 0.571. The van der Waals surface area contributed by atoms with Crippen molar-refractivity contribution in [1.29, 1.82) is 0 Å². The lowest BCUT2D eigenvalue weighted by Crippen LogP contribution is -2.38. The summed E-state index contributed by atoms with van der Waals surface area (Å²) >= 11 is 1.85. The number of amides is 2. The lowest BCUT2D eigenvalue weighted by molar-refractivity contribution is 0.214. The molecule has 19 heavy (non-hydrogen) atoms. The molecule has 0 spiro atoms. The summed E-state index contributed by atoms with van der Waals surface area (Å²) in [5.41, 5.74) is 1.10. The van der Waals surface area contributed by atoms with E-state index in [2.05, 4.69) is 16.6 Å². The van der Waals surface area contributed by atoms with Crippen LogP contribution in [0.2, 0.25) is 0 Å². The molecule has 4 nitrogen and oxygen atoms in total. The highest BCUT2D eigenvalue weighted by atomic mass is 32.2. The van der Waals surface area contributed by atoms with E-state index in [-0.39, 0.29) is 6.03 Å². The predicted molar refractivity (Wildman–Crippen MR) is 80.7 cm³/mol. The normalized spacial score (nSPS) is 19.9. The highest BCUT2D eigenvalue weighted by Gasteiger charge is 2.21. The van der Waals surface area contributed by atoms with Crippen LogP contribution in [-0.4, -0.2) is 40.5 Å². The SMILES string of the molecule is CS[C@H]1CCCCN(C(=O)Nc2cc(C)ccn2)C1. The van der Waals surface area contributed by atoms with Crippen LogP contribution in [0.5, 0.6) is 0 Å². The first kappa shape index (κ1) is 14.2. The van der Waals surface area contributed by atoms with Crippen molar-refractivity contribution in [2.45, 2.75) is 31.4 Å². The minimum Gasteiger partial charge on any atom is -0.323 e. The van der Waals surface area contributed by atoms with Gasteiger partial charge in [-0.15, -0.1) is 0 Å². The van der Waals surface area contributed by atoms with E-state index in [1.807, 2.05) is 35.7 Å². The Kier molecular flexibility index (Phi) is 5.07. The predicted octanol–water partition coefficient (Wildman–Crippen LogP) is 3.14. The number of nitrogens with one attached hydrogen (secondary N) is 1. The van der Waals surface area contributed by atoms with Crippen molar-refractivity contribution >= 4 is 23.6 Å². The Morgan fingerprint density at radius 1 is 1.53 bits per heavy atom. The van der Waals surface area contributed by atoms with Gasteiger partial charge in [0.15, 0.2) is 0 Å². The number of pyridine rings is 1. The van der Waals surface area contributed by atoms with E-state index >= 15 is 0 Å². The van der Waals surface area contributed by atoms with Crippen LogP contribution in [0.1, 0.15) is 24.8 Å². The molecule has 0 bridgehead atoms. The third-order valence-corrected chi connectivity index (χ3v) is 4.45. The van der Waals surface area contributed by atoms with E-state index < -0.39 is 0 Å². The van der Waals surface area contributed by atoms with Gasteiger partial charge >= 0.3 is 6.03 Å². The van der Waals surface area contributed by atoms with Crippen LogP contribution in [0.25, 0.3) is 0 Å². The third-order valence-electron chi connectivity index (χ3n) is 3.40. The van der Waals surface area contributed by atoms with Crippen LogP contribution in [0.15, 0.2) is 18.3 Å². The summed E-state index contributed by atoms with van der Waals surface area (Å²) in [5.74, 6) is 0.634. The van der Waals surface area contributed by atoms with Gasteiger partial charge < -0.3 is 4.90 Å². The lowest BCUT2D eigenvalue weighted by atomic mass is 10.2. The summed E-state index contributed by atoms with van der Waals surface area (Å²) < 4.78 is 0. The van der Waals surface area contributed by atoms with Crippen molar-refractivity contribution in [3.05, 3.63) is 23.9 Å². The second-order valence-electron chi connectivity index (χ2n) is 4.95. The van der Waals surface area contributed by atoms with Crippen molar-refractivity contribution in [2.75, 3.05) is 24.7 Å². The number of hydrogen-bond acceptors (Lipinski definition) is 3. The van der Waals surface area contributed by atoms with Crippen LogP contribution in [0.4, 0.5) is 10.6 Å². The van der Waals surface area contributed by atoms with Gasteiger partial charge in [-0.25, -0.2) is 9.78 Å². The number of nitrogens with zero attached hydrogens (tertiary/aromatic N) is 2. The summed E-state index contributed by atoms with van der Waals surface area (Å²) in [5, 5.41) is 3.45. The van der Waals surface area contributed by atoms with Gasteiger partial charge in [0, 0.05) is 24.5 Å². The molecule has 1 fully saturated rings. The molecule has 2 amide bonds. The van der Waals surface area contributed by atoms with Crippen LogP contribution < -0.4 is 5.32 Å². The zero-order chi connectivity index (χ0) is 13.7. The minimum absolute atomic E-state index is 0.0287. The molecule has 0 radical (unpaired) electrons. The number of aromatic nitrogens is 1. The summed E-state index contributed by atoms with van der Waals surface area (Å²) in [6.45, 7) is 3.67. The number of thioether (sulfide) groups is 1. The van der Waals surface area contributed by atoms with Crippen molar-refractivity contribution < 1.29 is 4.79 Å². The third kappa shape index (κ3) is 4.13. The van der Waals surface area contributed by atoms with Gasteiger partial charge in [0.1, 0.15) is 5.82 Å². The number of likely N-dealkylation sites (tertiary alicyclic amines) is 1. The van der Waals surface area contributed by atoms with Crippen LogP contribution in [0, 0.1) is 6.92 Å². The Hall–Kier alpha value is -1.23. The van der Waals surface area contributed by atoms with Gasteiger partial charge in [-0.05, 0) is 43.7 Å². The van der Waals surface area contributed by atoms with Crippen molar-refractivity contribution in [3.63, 3.8) is 0 Å². The molecule has 0 aromatic carbocycles. The standard InChI is InChI=1S/C14H21N3OS/c1-11-6-7-15-13(9-11)16-14(18)17-8-4-3-5-12(10-17)19-2/h6-7,9,12H,3-5,8,10H2,1-2H3,(H,15,16,18)/t12-/m0/s1. The summed E-state index contributed by atoms with van der Waals surface area (Å²) in [6.07, 6.45) is 7.34. The first-order valence-electron chi connectivity index (χ1n) is 6.70. The first-order valence-corrected chi connectivity index (χ1v) is 7.99. The number of urea groups is 1. The highest BCUT2D eigenvalue weighted by molar-refractivity contribution is 7.99.